The Morgan fingerprint density at radius 2 is 1.83 bits per heavy atom. The Labute approximate surface area is 110 Å². The number of benzene rings is 2. The van der Waals surface area contributed by atoms with Crippen molar-refractivity contribution in [2.75, 3.05) is 0 Å². The van der Waals surface area contributed by atoms with Gasteiger partial charge in [0.05, 0.1) is 13.2 Å². The van der Waals surface area contributed by atoms with E-state index in [0.29, 0.717) is 22.1 Å². The molecule has 2 N–H and O–H groups in total. The average molecular weight is 265 g/mol. The first kappa shape index (κ1) is 12.9. The van der Waals surface area contributed by atoms with Crippen LogP contribution in [-0.4, -0.2) is 10.2 Å². The van der Waals surface area contributed by atoms with Gasteiger partial charge in [-0.1, -0.05) is 23.7 Å². The molecule has 0 aliphatic carbocycles. The van der Waals surface area contributed by atoms with Crippen LogP contribution < -0.4 is 4.74 Å². The quantitative estimate of drug-likeness (QED) is 0.892. The molecule has 0 amide bonds. The van der Waals surface area contributed by atoms with E-state index in [-0.39, 0.29) is 13.2 Å². The second-order valence-corrected chi connectivity index (χ2v) is 4.25. The second-order valence-electron chi connectivity index (χ2n) is 3.82. The van der Waals surface area contributed by atoms with Crippen molar-refractivity contribution in [2.45, 2.75) is 13.2 Å². The Bertz CT molecular complexity index is 540. The molecular weight excluding hydrogens is 252 g/mol. The van der Waals surface area contributed by atoms with Crippen molar-refractivity contribution < 1.29 is 14.9 Å². The lowest BCUT2D eigenvalue weighted by molar-refractivity contribution is 0.275. The molecule has 2 aromatic rings. The monoisotopic (exact) mass is 264 g/mol. The highest BCUT2D eigenvalue weighted by Crippen LogP contribution is 2.28. The van der Waals surface area contributed by atoms with Crippen LogP contribution in [-0.2, 0) is 13.2 Å². The minimum Gasteiger partial charge on any atom is -0.457 e. The smallest absolute Gasteiger partial charge is 0.133 e. The summed E-state index contributed by atoms with van der Waals surface area (Å²) in [5.74, 6) is 1.16. The minimum atomic E-state index is -0.143. The first-order valence-electron chi connectivity index (χ1n) is 5.50. The molecule has 0 saturated heterocycles. The molecule has 0 radical (unpaired) electrons. The summed E-state index contributed by atoms with van der Waals surface area (Å²) < 4.78 is 5.67. The first-order valence-corrected chi connectivity index (χ1v) is 5.87. The Hall–Kier alpha value is -1.55. The highest BCUT2D eigenvalue weighted by atomic mass is 35.5. The van der Waals surface area contributed by atoms with Crippen molar-refractivity contribution in [3.05, 3.63) is 58.6 Å². The van der Waals surface area contributed by atoms with Gasteiger partial charge in [-0.2, -0.15) is 0 Å². The van der Waals surface area contributed by atoms with Gasteiger partial charge in [0.2, 0.25) is 0 Å². The van der Waals surface area contributed by atoms with Gasteiger partial charge in [-0.3, -0.25) is 0 Å². The number of aliphatic hydroxyl groups excluding tert-OH is 2. The zero-order valence-electron chi connectivity index (χ0n) is 9.64. The fourth-order valence-corrected chi connectivity index (χ4v) is 1.80. The molecule has 2 aromatic carbocycles. The van der Waals surface area contributed by atoms with E-state index >= 15 is 0 Å². The Morgan fingerprint density at radius 1 is 1.00 bits per heavy atom. The molecule has 0 aliphatic rings. The van der Waals surface area contributed by atoms with Crippen molar-refractivity contribution in [3.63, 3.8) is 0 Å². The number of aliphatic hydroxyl groups is 2. The van der Waals surface area contributed by atoms with Crippen LogP contribution in [0.3, 0.4) is 0 Å². The summed E-state index contributed by atoms with van der Waals surface area (Å²) in [6.45, 7) is -0.180. The predicted octanol–water partition coefficient (Wildman–Crippen LogP) is 3.12. The summed E-state index contributed by atoms with van der Waals surface area (Å²) in [6, 6.07) is 12.2. The standard InChI is InChI=1S/C14H13ClO3/c15-12-4-5-14(11(7-12)9-17)18-13-3-1-2-10(6-13)8-16/h1-7,16-17H,8-9H2. The van der Waals surface area contributed by atoms with Crippen LogP contribution >= 0.6 is 11.6 Å². The molecule has 94 valence electrons. The Balaban J connectivity index is 2.27. The van der Waals surface area contributed by atoms with E-state index in [1.165, 1.54) is 0 Å². The molecule has 0 unspecified atom stereocenters. The van der Waals surface area contributed by atoms with E-state index < -0.39 is 0 Å². The number of hydrogen-bond donors (Lipinski definition) is 2. The van der Waals surface area contributed by atoms with Crippen molar-refractivity contribution in [3.8, 4) is 11.5 Å². The Morgan fingerprint density at radius 3 is 2.56 bits per heavy atom. The summed E-state index contributed by atoms with van der Waals surface area (Å²) in [6.07, 6.45) is 0. The third-order valence-corrected chi connectivity index (χ3v) is 2.74. The number of rotatable bonds is 4. The molecule has 0 aromatic heterocycles. The molecule has 0 fully saturated rings. The molecule has 18 heavy (non-hydrogen) atoms. The normalized spacial score (nSPS) is 10.4. The molecular formula is C14H13ClO3. The number of halogens is 1. The van der Waals surface area contributed by atoms with E-state index in [1.807, 2.05) is 6.07 Å². The van der Waals surface area contributed by atoms with Gasteiger partial charge in [-0.25, -0.2) is 0 Å². The van der Waals surface area contributed by atoms with Crippen LogP contribution in [0.15, 0.2) is 42.5 Å². The SMILES string of the molecule is OCc1cccc(Oc2ccc(Cl)cc2CO)c1. The summed E-state index contributed by atoms with van der Waals surface area (Å²) in [5.41, 5.74) is 1.39. The summed E-state index contributed by atoms with van der Waals surface area (Å²) in [5, 5.41) is 18.8. The fourth-order valence-electron chi connectivity index (χ4n) is 1.61. The molecule has 0 spiro atoms. The van der Waals surface area contributed by atoms with Gasteiger partial charge >= 0.3 is 0 Å². The van der Waals surface area contributed by atoms with Gasteiger partial charge in [0.1, 0.15) is 11.5 Å². The summed E-state index contributed by atoms with van der Waals surface area (Å²) >= 11 is 5.85. The number of hydrogen-bond acceptors (Lipinski definition) is 3. The van der Waals surface area contributed by atoms with Crippen molar-refractivity contribution in [2.24, 2.45) is 0 Å². The largest absolute Gasteiger partial charge is 0.457 e. The molecule has 0 bridgehead atoms. The lowest BCUT2D eigenvalue weighted by Gasteiger charge is -2.10. The lowest BCUT2D eigenvalue weighted by Crippen LogP contribution is -1.92. The van der Waals surface area contributed by atoms with Crippen molar-refractivity contribution in [1.29, 1.82) is 0 Å². The Kier molecular flexibility index (Phi) is 4.20. The third-order valence-electron chi connectivity index (χ3n) is 2.50. The van der Waals surface area contributed by atoms with Crippen LogP contribution in [0.4, 0.5) is 0 Å². The van der Waals surface area contributed by atoms with Crippen LogP contribution in [0.25, 0.3) is 0 Å². The number of ether oxygens (including phenoxy) is 1. The van der Waals surface area contributed by atoms with Crippen LogP contribution in [0.5, 0.6) is 11.5 Å². The fraction of sp³-hybridized carbons (Fsp3) is 0.143. The summed E-state index contributed by atoms with van der Waals surface area (Å²) in [7, 11) is 0. The van der Waals surface area contributed by atoms with Crippen molar-refractivity contribution in [1.82, 2.24) is 0 Å². The predicted molar refractivity (Wildman–Crippen MR) is 69.8 cm³/mol. The van der Waals surface area contributed by atoms with E-state index in [2.05, 4.69) is 0 Å². The van der Waals surface area contributed by atoms with Crippen LogP contribution in [0, 0.1) is 0 Å². The third kappa shape index (κ3) is 3.01. The maximum atomic E-state index is 9.24. The molecule has 4 heteroatoms. The highest BCUT2D eigenvalue weighted by molar-refractivity contribution is 6.30. The van der Waals surface area contributed by atoms with Crippen LogP contribution in [0.1, 0.15) is 11.1 Å². The maximum absolute atomic E-state index is 9.24. The van der Waals surface area contributed by atoms with Gasteiger partial charge in [0.15, 0.2) is 0 Å². The highest BCUT2D eigenvalue weighted by Gasteiger charge is 2.05. The molecule has 0 aliphatic heterocycles. The first-order chi connectivity index (χ1) is 8.72. The molecule has 0 atom stereocenters. The zero-order chi connectivity index (χ0) is 13.0. The molecule has 3 nitrogen and oxygen atoms in total. The lowest BCUT2D eigenvalue weighted by atomic mass is 10.2. The van der Waals surface area contributed by atoms with E-state index in [1.54, 1.807) is 36.4 Å². The molecule has 0 heterocycles. The van der Waals surface area contributed by atoms with Gasteiger partial charge < -0.3 is 14.9 Å². The van der Waals surface area contributed by atoms with Gasteiger partial charge in [-0.15, -0.1) is 0 Å². The van der Waals surface area contributed by atoms with Gasteiger partial charge in [0.25, 0.3) is 0 Å². The van der Waals surface area contributed by atoms with Crippen LogP contribution in [0.2, 0.25) is 5.02 Å². The zero-order valence-corrected chi connectivity index (χ0v) is 10.4. The minimum absolute atomic E-state index is 0.0370. The van der Waals surface area contributed by atoms with Gasteiger partial charge in [0, 0.05) is 10.6 Å². The van der Waals surface area contributed by atoms with Crippen molar-refractivity contribution >= 4 is 11.6 Å². The summed E-state index contributed by atoms with van der Waals surface area (Å²) in [4.78, 5) is 0. The maximum Gasteiger partial charge on any atom is 0.133 e. The molecule has 2 rings (SSSR count). The second kappa shape index (κ2) is 5.87. The average Bonchev–Trinajstić information content (AvgIpc) is 2.41. The molecule has 0 saturated carbocycles. The van der Waals surface area contributed by atoms with E-state index in [9.17, 15) is 5.11 Å². The van der Waals surface area contributed by atoms with Gasteiger partial charge in [-0.05, 0) is 35.9 Å². The topological polar surface area (TPSA) is 49.7 Å². The van der Waals surface area contributed by atoms with E-state index in [4.69, 9.17) is 21.4 Å². The van der Waals surface area contributed by atoms with E-state index in [0.717, 1.165) is 5.56 Å².